The molecule has 0 atom stereocenters. The van der Waals surface area contributed by atoms with Crippen LogP contribution in [0.15, 0.2) is 47.1 Å². The monoisotopic (exact) mass is 312 g/mol. The predicted molar refractivity (Wildman–Crippen MR) is 89.8 cm³/mol. The normalized spacial score (nSPS) is 15.5. The quantitative estimate of drug-likeness (QED) is 0.915. The molecule has 0 aliphatic heterocycles. The van der Waals surface area contributed by atoms with Gasteiger partial charge in [0.25, 0.3) is 5.91 Å². The average molecular weight is 312 g/mol. The zero-order valence-corrected chi connectivity index (χ0v) is 13.4. The molecule has 122 valence electrons. The van der Waals surface area contributed by atoms with Crippen LogP contribution in [0, 0.1) is 0 Å². The summed E-state index contributed by atoms with van der Waals surface area (Å²) in [6, 6.07) is 12.3. The lowest BCUT2D eigenvalue weighted by Crippen LogP contribution is -2.40. The molecule has 1 heterocycles. The first-order valence-electron chi connectivity index (χ1n) is 8.40. The molecule has 4 heteroatoms. The molecule has 1 aromatic heterocycles. The second kappa shape index (κ2) is 7.47. The number of amides is 1. The Morgan fingerprint density at radius 3 is 2.57 bits per heavy atom. The lowest BCUT2D eigenvalue weighted by atomic mass is 9.93. The van der Waals surface area contributed by atoms with Crippen LogP contribution in [-0.4, -0.2) is 16.8 Å². The number of hydrogen-bond donors (Lipinski definition) is 1. The van der Waals surface area contributed by atoms with E-state index < -0.39 is 0 Å². The highest BCUT2D eigenvalue weighted by molar-refractivity contribution is 5.94. The summed E-state index contributed by atoms with van der Waals surface area (Å²) in [5.74, 6) is 0.695. The zero-order chi connectivity index (χ0) is 16.1. The highest BCUT2D eigenvalue weighted by Gasteiger charge is 2.27. The van der Waals surface area contributed by atoms with E-state index in [0.717, 1.165) is 18.4 Å². The number of nitrogens with two attached hydrogens (primary N) is 1. The van der Waals surface area contributed by atoms with Crippen molar-refractivity contribution in [3.8, 4) is 0 Å². The molecule has 1 fully saturated rings. The van der Waals surface area contributed by atoms with E-state index in [-0.39, 0.29) is 5.91 Å². The number of benzene rings is 1. The van der Waals surface area contributed by atoms with Gasteiger partial charge in [0.1, 0.15) is 12.0 Å². The lowest BCUT2D eigenvalue weighted by Gasteiger charge is -2.34. The summed E-state index contributed by atoms with van der Waals surface area (Å²) in [5.41, 5.74) is 7.35. The van der Waals surface area contributed by atoms with Gasteiger partial charge in [-0.15, -0.1) is 0 Å². The van der Waals surface area contributed by atoms with Crippen LogP contribution in [-0.2, 0) is 13.1 Å². The van der Waals surface area contributed by atoms with Crippen LogP contribution in [0.2, 0.25) is 0 Å². The Balaban J connectivity index is 1.82. The molecule has 0 bridgehead atoms. The Morgan fingerprint density at radius 2 is 1.91 bits per heavy atom. The van der Waals surface area contributed by atoms with Crippen LogP contribution in [0.1, 0.15) is 53.8 Å². The van der Waals surface area contributed by atoms with Crippen molar-refractivity contribution >= 4 is 5.91 Å². The number of hydrogen-bond acceptors (Lipinski definition) is 3. The third kappa shape index (κ3) is 3.82. The summed E-state index contributed by atoms with van der Waals surface area (Å²) in [5, 5.41) is 0. The SMILES string of the molecule is NCc1cc(C(=O)N(Cc2ccccc2)C2CCCCC2)co1. The Labute approximate surface area is 137 Å². The Morgan fingerprint density at radius 1 is 1.17 bits per heavy atom. The molecule has 0 radical (unpaired) electrons. The van der Waals surface area contributed by atoms with Crippen molar-refractivity contribution in [3.05, 3.63) is 59.5 Å². The molecular formula is C19H24N2O2. The van der Waals surface area contributed by atoms with Crippen molar-refractivity contribution in [2.75, 3.05) is 0 Å². The average Bonchev–Trinajstić information content (AvgIpc) is 3.10. The van der Waals surface area contributed by atoms with Crippen molar-refractivity contribution in [2.24, 2.45) is 5.73 Å². The lowest BCUT2D eigenvalue weighted by molar-refractivity contribution is 0.0613. The maximum absolute atomic E-state index is 13.0. The van der Waals surface area contributed by atoms with E-state index in [0.29, 0.717) is 30.5 Å². The molecule has 2 N–H and O–H groups in total. The number of rotatable bonds is 5. The molecular weight excluding hydrogens is 288 g/mol. The molecule has 3 rings (SSSR count). The van der Waals surface area contributed by atoms with Gasteiger partial charge in [-0.2, -0.15) is 0 Å². The fraction of sp³-hybridized carbons (Fsp3) is 0.421. The van der Waals surface area contributed by atoms with Gasteiger partial charge < -0.3 is 15.1 Å². The van der Waals surface area contributed by atoms with E-state index in [9.17, 15) is 4.79 Å². The summed E-state index contributed by atoms with van der Waals surface area (Å²) in [6.07, 6.45) is 7.37. The minimum Gasteiger partial charge on any atom is -0.467 e. The standard InChI is InChI=1S/C19H24N2O2/c20-12-18-11-16(14-23-18)19(22)21(17-9-5-2-6-10-17)13-15-7-3-1-4-8-15/h1,3-4,7-8,11,14,17H,2,5-6,9-10,12-13,20H2. The molecule has 0 saturated heterocycles. The summed E-state index contributed by atoms with van der Waals surface area (Å²) in [4.78, 5) is 15.0. The molecule has 1 saturated carbocycles. The summed E-state index contributed by atoms with van der Waals surface area (Å²) >= 11 is 0. The van der Waals surface area contributed by atoms with Gasteiger partial charge in [0.2, 0.25) is 0 Å². The minimum absolute atomic E-state index is 0.0456. The topological polar surface area (TPSA) is 59.5 Å². The fourth-order valence-corrected chi connectivity index (χ4v) is 3.31. The maximum Gasteiger partial charge on any atom is 0.257 e. The highest BCUT2D eigenvalue weighted by atomic mass is 16.3. The highest BCUT2D eigenvalue weighted by Crippen LogP contribution is 2.26. The smallest absolute Gasteiger partial charge is 0.257 e. The molecule has 1 aliphatic carbocycles. The van der Waals surface area contributed by atoms with Crippen LogP contribution in [0.3, 0.4) is 0 Å². The Kier molecular flexibility index (Phi) is 5.13. The van der Waals surface area contributed by atoms with E-state index in [1.807, 2.05) is 23.1 Å². The van der Waals surface area contributed by atoms with E-state index in [4.69, 9.17) is 10.2 Å². The van der Waals surface area contributed by atoms with Crippen LogP contribution >= 0.6 is 0 Å². The van der Waals surface area contributed by atoms with Crippen LogP contribution < -0.4 is 5.73 Å². The van der Waals surface area contributed by atoms with Gasteiger partial charge in [-0.05, 0) is 24.5 Å². The van der Waals surface area contributed by atoms with Crippen molar-refractivity contribution in [3.63, 3.8) is 0 Å². The fourth-order valence-electron chi connectivity index (χ4n) is 3.31. The molecule has 1 amide bonds. The second-order valence-corrected chi connectivity index (χ2v) is 6.22. The van der Waals surface area contributed by atoms with Crippen molar-refractivity contribution < 1.29 is 9.21 Å². The molecule has 2 aromatic rings. The molecule has 23 heavy (non-hydrogen) atoms. The minimum atomic E-state index is 0.0456. The third-order valence-electron chi connectivity index (χ3n) is 4.57. The maximum atomic E-state index is 13.0. The predicted octanol–water partition coefficient (Wildman–Crippen LogP) is 3.71. The first-order valence-corrected chi connectivity index (χ1v) is 8.40. The number of nitrogens with zero attached hydrogens (tertiary/aromatic N) is 1. The van der Waals surface area contributed by atoms with Crippen LogP contribution in [0.5, 0.6) is 0 Å². The number of carbonyl (C=O) groups is 1. The van der Waals surface area contributed by atoms with Crippen molar-refractivity contribution in [1.29, 1.82) is 0 Å². The third-order valence-corrected chi connectivity index (χ3v) is 4.57. The molecule has 4 nitrogen and oxygen atoms in total. The molecule has 1 aliphatic rings. The molecule has 1 aromatic carbocycles. The van der Waals surface area contributed by atoms with Crippen LogP contribution in [0.4, 0.5) is 0 Å². The molecule has 0 unspecified atom stereocenters. The van der Waals surface area contributed by atoms with Gasteiger partial charge in [0.05, 0.1) is 12.1 Å². The summed E-state index contributed by atoms with van der Waals surface area (Å²) < 4.78 is 5.35. The van der Waals surface area contributed by atoms with E-state index in [2.05, 4.69) is 12.1 Å². The summed E-state index contributed by atoms with van der Waals surface area (Å²) in [7, 11) is 0. The van der Waals surface area contributed by atoms with Gasteiger partial charge in [-0.1, -0.05) is 49.6 Å². The van der Waals surface area contributed by atoms with Gasteiger partial charge in [-0.3, -0.25) is 4.79 Å². The van der Waals surface area contributed by atoms with Gasteiger partial charge in [-0.25, -0.2) is 0 Å². The van der Waals surface area contributed by atoms with Gasteiger partial charge in [0, 0.05) is 12.6 Å². The van der Waals surface area contributed by atoms with Gasteiger partial charge >= 0.3 is 0 Å². The zero-order valence-electron chi connectivity index (χ0n) is 13.4. The van der Waals surface area contributed by atoms with E-state index >= 15 is 0 Å². The van der Waals surface area contributed by atoms with Crippen molar-refractivity contribution in [2.45, 2.75) is 51.2 Å². The largest absolute Gasteiger partial charge is 0.467 e. The van der Waals surface area contributed by atoms with Crippen LogP contribution in [0.25, 0.3) is 0 Å². The van der Waals surface area contributed by atoms with Gasteiger partial charge in [0.15, 0.2) is 0 Å². The Bertz CT molecular complexity index is 630. The first kappa shape index (κ1) is 15.8. The number of carbonyl (C=O) groups excluding carboxylic acids is 1. The Hall–Kier alpha value is -2.07. The first-order chi connectivity index (χ1) is 11.3. The van der Waals surface area contributed by atoms with E-state index in [1.165, 1.54) is 25.5 Å². The molecule has 0 spiro atoms. The number of furan rings is 1. The van der Waals surface area contributed by atoms with Crippen molar-refractivity contribution in [1.82, 2.24) is 4.90 Å². The second-order valence-electron chi connectivity index (χ2n) is 6.22. The summed E-state index contributed by atoms with van der Waals surface area (Å²) in [6.45, 7) is 0.961. The van der Waals surface area contributed by atoms with E-state index in [1.54, 1.807) is 6.07 Å².